The second-order valence-corrected chi connectivity index (χ2v) is 6.95. The molecule has 0 bridgehead atoms. The minimum atomic E-state index is 0.0270. The van der Waals surface area contributed by atoms with E-state index in [1.54, 1.807) is 0 Å². The smallest absolute Gasteiger partial charge is 0.136 e. The lowest BCUT2D eigenvalue weighted by Crippen LogP contribution is -2.51. The molecule has 2 aliphatic rings. The van der Waals surface area contributed by atoms with Crippen LogP contribution in [0.5, 0.6) is 0 Å². The average Bonchev–Trinajstić information content (AvgIpc) is 2.69. The fraction of sp³-hybridized carbons (Fsp3) is 0.0909. The summed E-state index contributed by atoms with van der Waals surface area (Å²) >= 11 is 0. The van der Waals surface area contributed by atoms with Gasteiger partial charge in [-0.2, -0.15) is 0 Å². The van der Waals surface area contributed by atoms with Crippen LogP contribution in [0.3, 0.4) is 0 Å². The normalized spacial score (nSPS) is 15.8. The number of nitrogens with one attached hydrogen (secondary N) is 4. The van der Waals surface area contributed by atoms with Crippen LogP contribution >= 0.6 is 0 Å². The van der Waals surface area contributed by atoms with Gasteiger partial charge in [-0.15, -0.1) is 0 Å². The van der Waals surface area contributed by atoms with E-state index in [0.717, 1.165) is 0 Å². The fourth-order valence-corrected chi connectivity index (χ4v) is 4.24. The predicted octanol–water partition coefficient (Wildman–Crippen LogP) is 5.02. The van der Waals surface area contributed by atoms with Crippen molar-refractivity contribution in [1.82, 2.24) is 0 Å². The third kappa shape index (κ3) is 1.90. The second-order valence-electron chi connectivity index (χ2n) is 6.95. The van der Waals surface area contributed by atoms with Crippen LogP contribution in [0, 0.1) is 0 Å². The Bertz CT molecular complexity index is 993. The molecule has 0 aliphatic carbocycles. The third-order valence-corrected chi connectivity index (χ3v) is 5.39. The molecule has 0 saturated carbocycles. The molecule has 0 unspecified atom stereocenters. The summed E-state index contributed by atoms with van der Waals surface area (Å²) in [5.41, 5.74) is 4.68. The van der Waals surface area contributed by atoms with Gasteiger partial charge < -0.3 is 21.3 Å². The molecule has 26 heavy (non-hydrogen) atoms. The van der Waals surface area contributed by atoms with E-state index in [4.69, 9.17) is 0 Å². The molecule has 4 aromatic rings. The Hall–Kier alpha value is -3.40. The molecule has 2 heterocycles. The molecule has 4 nitrogen and oxygen atoms in total. The van der Waals surface area contributed by atoms with Gasteiger partial charge in [-0.3, -0.25) is 0 Å². The third-order valence-electron chi connectivity index (χ3n) is 5.39. The van der Waals surface area contributed by atoms with E-state index in [-0.39, 0.29) is 12.3 Å². The quantitative estimate of drug-likeness (QED) is 0.394. The van der Waals surface area contributed by atoms with Crippen molar-refractivity contribution >= 4 is 44.3 Å². The van der Waals surface area contributed by atoms with Gasteiger partial charge in [0.05, 0.1) is 0 Å². The summed E-state index contributed by atoms with van der Waals surface area (Å²) in [5.74, 6) is 0. The zero-order valence-electron chi connectivity index (χ0n) is 14.1. The molecule has 0 saturated heterocycles. The number of anilines is 4. The molecule has 0 amide bonds. The van der Waals surface area contributed by atoms with Gasteiger partial charge in [-0.1, -0.05) is 48.5 Å². The molecular weight excluding hydrogens is 320 g/mol. The lowest BCUT2D eigenvalue weighted by Gasteiger charge is -2.39. The summed E-state index contributed by atoms with van der Waals surface area (Å²) in [4.78, 5) is 0. The lowest BCUT2D eigenvalue weighted by molar-refractivity contribution is 0.697. The van der Waals surface area contributed by atoms with Gasteiger partial charge in [-0.25, -0.2) is 0 Å². The molecular formula is C22H18N4. The van der Waals surface area contributed by atoms with Crippen LogP contribution in [0.25, 0.3) is 21.5 Å². The highest BCUT2D eigenvalue weighted by Crippen LogP contribution is 2.38. The van der Waals surface area contributed by atoms with Crippen LogP contribution in [-0.4, -0.2) is 12.3 Å². The topological polar surface area (TPSA) is 48.1 Å². The Morgan fingerprint density at radius 1 is 0.423 bits per heavy atom. The van der Waals surface area contributed by atoms with Crippen LogP contribution in [0.15, 0.2) is 72.8 Å². The Labute approximate surface area is 151 Å². The van der Waals surface area contributed by atoms with E-state index in [1.165, 1.54) is 44.3 Å². The van der Waals surface area contributed by atoms with Crippen LogP contribution in [-0.2, 0) is 0 Å². The highest BCUT2D eigenvalue weighted by Gasteiger charge is 2.29. The molecule has 6 rings (SSSR count). The first-order chi connectivity index (χ1) is 12.9. The standard InChI is InChI=1S/C22H18N4/c1-5-13-6-2-10-16-19(13)15(9-1)23-21(24-16)22-25-17-11-3-7-14-8-4-12-18(26-22)20(14)17/h1-12,21-26H. The second kappa shape index (κ2) is 5.05. The van der Waals surface area contributed by atoms with Crippen LogP contribution in [0.4, 0.5) is 22.7 Å². The molecule has 0 fully saturated rings. The number of benzene rings is 4. The minimum absolute atomic E-state index is 0.0270. The van der Waals surface area contributed by atoms with Gasteiger partial charge in [0.2, 0.25) is 0 Å². The largest absolute Gasteiger partial charge is 0.362 e. The summed E-state index contributed by atoms with van der Waals surface area (Å²) in [6.07, 6.45) is 0.0539. The number of rotatable bonds is 1. The van der Waals surface area contributed by atoms with Gasteiger partial charge >= 0.3 is 0 Å². The summed E-state index contributed by atoms with van der Waals surface area (Å²) in [6, 6.07) is 25.6. The summed E-state index contributed by atoms with van der Waals surface area (Å²) < 4.78 is 0. The first-order valence-electron chi connectivity index (χ1n) is 8.96. The molecule has 0 radical (unpaired) electrons. The Morgan fingerprint density at radius 2 is 0.731 bits per heavy atom. The SMILES string of the molecule is c1cc2c3c(cccc3c1)NC(C1Nc3cccc4cccc(c34)N1)N2. The maximum absolute atomic E-state index is 3.66. The number of hydrogen-bond donors (Lipinski definition) is 4. The van der Waals surface area contributed by atoms with Crippen molar-refractivity contribution in [2.45, 2.75) is 12.3 Å². The van der Waals surface area contributed by atoms with Crippen LogP contribution in [0.2, 0.25) is 0 Å². The van der Waals surface area contributed by atoms with Crippen molar-refractivity contribution < 1.29 is 0 Å². The molecule has 4 N–H and O–H groups in total. The zero-order chi connectivity index (χ0) is 17.1. The van der Waals surface area contributed by atoms with E-state index in [1.807, 2.05) is 0 Å². The number of hydrogen-bond acceptors (Lipinski definition) is 4. The molecule has 4 heteroatoms. The van der Waals surface area contributed by atoms with Crippen molar-refractivity contribution in [3.8, 4) is 0 Å². The van der Waals surface area contributed by atoms with Crippen molar-refractivity contribution in [3.63, 3.8) is 0 Å². The average molecular weight is 338 g/mol. The van der Waals surface area contributed by atoms with Gasteiger partial charge in [0.1, 0.15) is 12.3 Å². The highest BCUT2D eigenvalue weighted by atomic mass is 15.3. The zero-order valence-corrected chi connectivity index (χ0v) is 14.1. The van der Waals surface area contributed by atoms with Crippen molar-refractivity contribution in [2.75, 3.05) is 21.3 Å². The van der Waals surface area contributed by atoms with E-state index < -0.39 is 0 Å². The fourth-order valence-electron chi connectivity index (χ4n) is 4.24. The summed E-state index contributed by atoms with van der Waals surface area (Å²) in [6.45, 7) is 0. The van der Waals surface area contributed by atoms with Crippen molar-refractivity contribution in [3.05, 3.63) is 72.8 Å². The van der Waals surface area contributed by atoms with E-state index >= 15 is 0 Å². The molecule has 0 atom stereocenters. The van der Waals surface area contributed by atoms with Gasteiger partial charge in [0, 0.05) is 33.5 Å². The van der Waals surface area contributed by atoms with Crippen molar-refractivity contribution in [1.29, 1.82) is 0 Å². The highest BCUT2D eigenvalue weighted by molar-refractivity contribution is 6.06. The maximum Gasteiger partial charge on any atom is 0.136 e. The van der Waals surface area contributed by atoms with Crippen LogP contribution < -0.4 is 21.3 Å². The van der Waals surface area contributed by atoms with Gasteiger partial charge in [0.25, 0.3) is 0 Å². The summed E-state index contributed by atoms with van der Waals surface area (Å²) in [5, 5.41) is 19.6. The Kier molecular flexibility index (Phi) is 2.69. The lowest BCUT2D eigenvalue weighted by atomic mass is 10.0. The van der Waals surface area contributed by atoms with E-state index in [0.29, 0.717) is 0 Å². The molecule has 126 valence electrons. The molecule has 2 aliphatic heterocycles. The summed E-state index contributed by atoms with van der Waals surface area (Å²) in [7, 11) is 0. The monoisotopic (exact) mass is 338 g/mol. The van der Waals surface area contributed by atoms with Gasteiger partial charge in [0.15, 0.2) is 0 Å². The predicted molar refractivity (Wildman–Crippen MR) is 110 cm³/mol. The van der Waals surface area contributed by atoms with Gasteiger partial charge in [-0.05, 0) is 35.0 Å². The Morgan fingerprint density at radius 3 is 1.04 bits per heavy atom. The Balaban J connectivity index is 1.41. The van der Waals surface area contributed by atoms with Crippen LogP contribution in [0.1, 0.15) is 0 Å². The van der Waals surface area contributed by atoms with E-state index in [2.05, 4.69) is 94.1 Å². The van der Waals surface area contributed by atoms with E-state index in [9.17, 15) is 0 Å². The minimum Gasteiger partial charge on any atom is -0.362 e. The van der Waals surface area contributed by atoms with Crippen molar-refractivity contribution in [2.24, 2.45) is 0 Å². The molecule has 0 aromatic heterocycles. The molecule has 0 spiro atoms. The molecule has 4 aromatic carbocycles. The first-order valence-corrected chi connectivity index (χ1v) is 8.96. The first kappa shape index (κ1) is 13.8. The maximum atomic E-state index is 3.66.